The van der Waals surface area contributed by atoms with Gasteiger partial charge in [0.05, 0.1) is 11.6 Å². The number of piperidine rings is 1. The molecular weight excluding hydrogens is 514 g/mol. The van der Waals surface area contributed by atoms with Crippen LogP contribution in [0.4, 0.5) is 0 Å². The molecule has 1 amide bonds. The van der Waals surface area contributed by atoms with Crippen molar-refractivity contribution < 1.29 is 14.4 Å². The van der Waals surface area contributed by atoms with E-state index in [1.165, 1.54) is 6.92 Å². The van der Waals surface area contributed by atoms with Gasteiger partial charge in [0, 0.05) is 42.7 Å². The van der Waals surface area contributed by atoms with E-state index < -0.39 is 6.04 Å². The summed E-state index contributed by atoms with van der Waals surface area (Å²) in [7, 11) is 0. The number of aryl methyl sites for hydroxylation is 2. The second kappa shape index (κ2) is 10.0. The molecule has 0 unspecified atom stereocenters. The molecule has 6 rings (SSSR count). The number of fused-ring (bicyclic) bond motifs is 2. The zero-order chi connectivity index (χ0) is 29.1. The van der Waals surface area contributed by atoms with Crippen molar-refractivity contribution in [2.24, 2.45) is 5.41 Å². The lowest BCUT2D eigenvalue weighted by molar-refractivity contribution is -0.139. The highest BCUT2D eigenvalue weighted by molar-refractivity contribution is 6.07. The average molecular weight is 550 g/mol. The summed E-state index contributed by atoms with van der Waals surface area (Å²) in [6.45, 7) is 9.49. The summed E-state index contributed by atoms with van der Waals surface area (Å²) < 4.78 is 1.64. The number of carbonyl (C=O) groups is 3. The zero-order valence-electron chi connectivity index (χ0n) is 24.2. The molecule has 2 aromatic carbocycles. The summed E-state index contributed by atoms with van der Waals surface area (Å²) in [5.74, 6) is 0.573. The molecule has 2 aromatic heterocycles. The van der Waals surface area contributed by atoms with Crippen LogP contribution in [-0.4, -0.2) is 54.2 Å². The Morgan fingerprint density at radius 3 is 2.41 bits per heavy atom. The van der Waals surface area contributed by atoms with Gasteiger partial charge in [-0.3, -0.25) is 19.1 Å². The van der Waals surface area contributed by atoms with Gasteiger partial charge in [-0.25, -0.2) is 9.97 Å². The van der Waals surface area contributed by atoms with Crippen LogP contribution in [0, 0.1) is 19.3 Å². The first-order valence-electron chi connectivity index (χ1n) is 14.3. The van der Waals surface area contributed by atoms with E-state index in [2.05, 4.69) is 28.9 Å². The van der Waals surface area contributed by atoms with E-state index in [1.807, 2.05) is 61.2 Å². The molecule has 1 aliphatic heterocycles. The topological polar surface area (TPSA) is 98.1 Å². The average Bonchev–Trinajstić information content (AvgIpc) is 3.30. The van der Waals surface area contributed by atoms with Gasteiger partial charge in [-0.1, -0.05) is 44.2 Å². The summed E-state index contributed by atoms with van der Waals surface area (Å²) in [6.07, 6.45) is 5.53. The predicted octanol–water partition coefficient (Wildman–Crippen LogP) is 5.46. The lowest BCUT2D eigenvalue weighted by Gasteiger charge is -2.28. The van der Waals surface area contributed by atoms with E-state index in [-0.39, 0.29) is 41.4 Å². The van der Waals surface area contributed by atoms with E-state index >= 15 is 0 Å². The molecule has 0 radical (unpaired) electrons. The van der Waals surface area contributed by atoms with Crippen LogP contribution >= 0.6 is 0 Å². The van der Waals surface area contributed by atoms with E-state index in [1.54, 1.807) is 17.1 Å². The first kappa shape index (κ1) is 27.0. The largest absolute Gasteiger partial charge is 0.327 e. The second-order valence-electron chi connectivity index (χ2n) is 12.1. The van der Waals surface area contributed by atoms with Crippen molar-refractivity contribution in [3.8, 4) is 11.1 Å². The molecule has 2 fully saturated rings. The third kappa shape index (κ3) is 4.85. The van der Waals surface area contributed by atoms with Gasteiger partial charge in [0.15, 0.2) is 11.6 Å². The Balaban J connectivity index is 1.29. The molecule has 3 heterocycles. The van der Waals surface area contributed by atoms with Crippen LogP contribution in [0.2, 0.25) is 0 Å². The standard InChI is InChI=1S/C33H35N5O3/c1-19(23-9-7-6-8-10-23)12-28(40)27-14-33(5)15-29(33)38(27)30(41)18-37-32-20(2)11-24(25-16-34-22(4)35-17-25)13-26(32)31(36-37)21(3)39/h6-11,13,16-17,19,27,29H,12,14-15,18H2,1-5H3/t19-,27+,29-,33+/m1/s1. The van der Waals surface area contributed by atoms with Crippen LogP contribution in [0.5, 0.6) is 0 Å². The van der Waals surface area contributed by atoms with Gasteiger partial charge in [-0.2, -0.15) is 5.10 Å². The molecule has 8 heteroatoms. The van der Waals surface area contributed by atoms with Crippen LogP contribution in [0.1, 0.15) is 73.4 Å². The van der Waals surface area contributed by atoms with Gasteiger partial charge < -0.3 is 4.90 Å². The fraction of sp³-hybridized carbons (Fsp3) is 0.394. The third-order valence-electron chi connectivity index (χ3n) is 8.94. The molecule has 4 atom stereocenters. The molecule has 0 N–H and O–H groups in total. The Labute approximate surface area is 239 Å². The monoisotopic (exact) mass is 549 g/mol. The Morgan fingerprint density at radius 1 is 1.02 bits per heavy atom. The normalized spacial score (nSPS) is 22.0. The molecule has 41 heavy (non-hydrogen) atoms. The number of rotatable bonds is 8. The van der Waals surface area contributed by atoms with Gasteiger partial charge in [0.2, 0.25) is 5.91 Å². The van der Waals surface area contributed by atoms with Crippen molar-refractivity contribution >= 4 is 28.4 Å². The number of carbonyl (C=O) groups excluding carboxylic acids is 3. The molecule has 1 saturated carbocycles. The second-order valence-corrected chi connectivity index (χ2v) is 12.1. The first-order valence-corrected chi connectivity index (χ1v) is 14.3. The molecule has 1 saturated heterocycles. The number of ketones is 2. The summed E-state index contributed by atoms with van der Waals surface area (Å²) in [5, 5.41) is 5.32. The molecule has 2 aliphatic rings. The van der Waals surface area contributed by atoms with Crippen molar-refractivity contribution in [2.45, 2.75) is 78.4 Å². The minimum absolute atomic E-state index is 0.0103. The minimum Gasteiger partial charge on any atom is -0.327 e. The SMILES string of the molecule is CC(=O)c1nn(CC(=O)N2[C@H](C(=O)C[C@@H](C)c3ccccc3)C[C@@]3(C)C[C@@H]23)c2c(C)cc(-c3cnc(C)nc3)cc12. The number of hydrogen-bond donors (Lipinski definition) is 0. The quantitative estimate of drug-likeness (QED) is 0.271. The molecule has 1 aliphatic carbocycles. The number of hydrogen-bond acceptors (Lipinski definition) is 6. The van der Waals surface area contributed by atoms with Crippen LogP contribution in [-0.2, 0) is 16.1 Å². The fourth-order valence-electron chi connectivity index (χ4n) is 6.57. The number of amides is 1. The summed E-state index contributed by atoms with van der Waals surface area (Å²) in [4.78, 5) is 50.6. The van der Waals surface area contributed by atoms with E-state index in [0.717, 1.165) is 34.2 Å². The Morgan fingerprint density at radius 2 is 1.73 bits per heavy atom. The van der Waals surface area contributed by atoms with Crippen LogP contribution in [0.15, 0.2) is 54.9 Å². The molecular formula is C33H35N5O3. The maximum atomic E-state index is 13.9. The van der Waals surface area contributed by atoms with Crippen molar-refractivity contribution in [1.82, 2.24) is 24.6 Å². The van der Waals surface area contributed by atoms with Crippen molar-refractivity contribution in [3.05, 3.63) is 77.5 Å². The Kier molecular flexibility index (Phi) is 6.59. The number of aromatic nitrogens is 4. The molecule has 4 aromatic rings. The van der Waals surface area contributed by atoms with Gasteiger partial charge in [-0.05, 0) is 66.8 Å². The van der Waals surface area contributed by atoms with Crippen LogP contribution in [0.3, 0.4) is 0 Å². The lowest BCUT2D eigenvalue weighted by atomic mass is 9.90. The van der Waals surface area contributed by atoms with E-state index in [9.17, 15) is 14.4 Å². The Bertz CT molecular complexity index is 1680. The van der Waals surface area contributed by atoms with Crippen LogP contribution < -0.4 is 0 Å². The zero-order valence-corrected chi connectivity index (χ0v) is 24.2. The number of nitrogens with zero attached hydrogens (tertiary/aromatic N) is 5. The maximum Gasteiger partial charge on any atom is 0.245 e. The third-order valence-corrected chi connectivity index (χ3v) is 8.94. The fourth-order valence-corrected chi connectivity index (χ4v) is 6.57. The first-order chi connectivity index (χ1) is 19.6. The van der Waals surface area contributed by atoms with Gasteiger partial charge in [0.25, 0.3) is 0 Å². The Hall–Kier alpha value is -4.20. The highest BCUT2D eigenvalue weighted by Crippen LogP contribution is 2.59. The number of Topliss-reactive ketones (excluding diaryl/α,β-unsaturated/α-hetero) is 2. The summed E-state index contributed by atoms with van der Waals surface area (Å²) >= 11 is 0. The highest BCUT2D eigenvalue weighted by atomic mass is 16.2. The lowest BCUT2D eigenvalue weighted by Crippen LogP contribution is -2.45. The van der Waals surface area contributed by atoms with Gasteiger partial charge in [0.1, 0.15) is 18.1 Å². The number of likely N-dealkylation sites (tertiary alicyclic amines) is 1. The van der Waals surface area contributed by atoms with Crippen molar-refractivity contribution in [2.75, 3.05) is 0 Å². The van der Waals surface area contributed by atoms with Gasteiger partial charge in [-0.15, -0.1) is 0 Å². The molecule has 0 spiro atoms. The van der Waals surface area contributed by atoms with Crippen molar-refractivity contribution in [3.63, 3.8) is 0 Å². The molecule has 0 bridgehead atoms. The van der Waals surface area contributed by atoms with E-state index in [0.29, 0.717) is 29.7 Å². The summed E-state index contributed by atoms with van der Waals surface area (Å²) in [6, 6.07) is 13.6. The van der Waals surface area contributed by atoms with Crippen molar-refractivity contribution in [1.29, 1.82) is 0 Å². The number of benzene rings is 2. The minimum atomic E-state index is -0.430. The van der Waals surface area contributed by atoms with Crippen LogP contribution in [0.25, 0.3) is 22.0 Å². The molecule has 8 nitrogen and oxygen atoms in total. The predicted molar refractivity (Wildman–Crippen MR) is 156 cm³/mol. The van der Waals surface area contributed by atoms with E-state index in [4.69, 9.17) is 0 Å². The van der Waals surface area contributed by atoms with Gasteiger partial charge >= 0.3 is 0 Å². The highest BCUT2D eigenvalue weighted by Gasteiger charge is 2.64. The molecule has 210 valence electrons. The smallest absolute Gasteiger partial charge is 0.245 e. The maximum absolute atomic E-state index is 13.9. The summed E-state index contributed by atoms with van der Waals surface area (Å²) in [5.41, 5.74) is 4.81.